The van der Waals surface area contributed by atoms with Crippen LogP contribution in [0.4, 0.5) is 0 Å². The summed E-state index contributed by atoms with van der Waals surface area (Å²) in [5.41, 5.74) is 3.09. The molecule has 0 aromatic heterocycles. The van der Waals surface area contributed by atoms with Crippen molar-refractivity contribution in [2.75, 3.05) is 13.6 Å². The Morgan fingerprint density at radius 1 is 1.53 bits per heavy atom. The number of rotatable bonds is 2. The van der Waals surface area contributed by atoms with Crippen molar-refractivity contribution in [3.05, 3.63) is 29.3 Å². The summed E-state index contributed by atoms with van der Waals surface area (Å²) in [6.07, 6.45) is 0.0960. The maximum absolute atomic E-state index is 11.4. The number of nitrogens with one attached hydrogen (secondary N) is 1. The maximum atomic E-state index is 11.4. The van der Waals surface area contributed by atoms with Crippen molar-refractivity contribution in [2.45, 2.75) is 26.5 Å². The number of hydrogen-bond acceptors (Lipinski definition) is 4. The average Bonchev–Trinajstić information content (AvgIpc) is 2.55. The predicted molar refractivity (Wildman–Crippen MR) is 71.3 cm³/mol. The van der Waals surface area contributed by atoms with Gasteiger partial charge in [-0.15, -0.1) is 0 Å². The molecule has 1 aromatic rings. The number of ether oxygens (including phenoxy) is 1. The first-order valence-electron chi connectivity index (χ1n) is 6.44. The molecule has 104 valence electrons. The van der Waals surface area contributed by atoms with Gasteiger partial charge in [-0.3, -0.25) is 14.9 Å². The Labute approximate surface area is 113 Å². The van der Waals surface area contributed by atoms with Crippen LogP contribution in [0.15, 0.2) is 18.2 Å². The van der Waals surface area contributed by atoms with E-state index in [0.717, 1.165) is 24.4 Å². The van der Waals surface area contributed by atoms with Gasteiger partial charge in [0.15, 0.2) is 0 Å². The van der Waals surface area contributed by atoms with Crippen molar-refractivity contribution < 1.29 is 14.7 Å². The summed E-state index contributed by atoms with van der Waals surface area (Å²) in [5.74, 6) is 0.595. The molecule has 0 fully saturated rings. The smallest absolute Gasteiger partial charge is 0.274 e. The zero-order valence-corrected chi connectivity index (χ0v) is 11.5. The van der Waals surface area contributed by atoms with Crippen LogP contribution in [0.1, 0.15) is 29.8 Å². The first-order valence-corrected chi connectivity index (χ1v) is 6.44. The fourth-order valence-corrected chi connectivity index (χ4v) is 2.21. The minimum absolute atomic E-state index is 0.0960. The largest absolute Gasteiger partial charge is 0.488 e. The standard InChI is InChI=1S/C14H20N2O3/c1-9(2)13-8-16(3)7-11-5-4-10(14(17)15-18)6-12(11)19-13/h4-6,9,13,18H,7-8H2,1-3H3,(H,15,17)/t13-/m0/s1. The molecule has 2 rings (SSSR count). The predicted octanol–water partition coefficient (Wildman–Crippen LogP) is 1.65. The molecule has 19 heavy (non-hydrogen) atoms. The van der Waals surface area contributed by atoms with Crippen molar-refractivity contribution in [3.63, 3.8) is 0 Å². The van der Waals surface area contributed by atoms with E-state index in [1.807, 2.05) is 6.07 Å². The Balaban J connectivity index is 2.34. The van der Waals surface area contributed by atoms with Crippen LogP contribution in [0.5, 0.6) is 5.75 Å². The van der Waals surface area contributed by atoms with Crippen LogP contribution in [0.3, 0.4) is 0 Å². The zero-order valence-electron chi connectivity index (χ0n) is 11.5. The summed E-state index contributed by atoms with van der Waals surface area (Å²) < 4.78 is 6.02. The van der Waals surface area contributed by atoms with Gasteiger partial charge in [0.2, 0.25) is 0 Å². The number of amides is 1. The third kappa shape index (κ3) is 3.05. The fourth-order valence-electron chi connectivity index (χ4n) is 2.21. The van der Waals surface area contributed by atoms with Crippen molar-refractivity contribution in [2.24, 2.45) is 5.92 Å². The van der Waals surface area contributed by atoms with Crippen LogP contribution in [0.2, 0.25) is 0 Å². The lowest BCUT2D eigenvalue weighted by atomic mass is 10.1. The summed E-state index contributed by atoms with van der Waals surface area (Å²) in [4.78, 5) is 13.6. The van der Waals surface area contributed by atoms with E-state index in [4.69, 9.17) is 9.94 Å². The van der Waals surface area contributed by atoms with Gasteiger partial charge >= 0.3 is 0 Å². The molecule has 1 heterocycles. The number of nitrogens with zero attached hydrogens (tertiary/aromatic N) is 1. The van der Waals surface area contributed by atoms with Gasteiger partial charge in [-0.1, -0.05) is 19.9 Å². The molecule has 1 aromatic carbocycles. The van der Waals surface area contributed by atoms with Gasteiger partial charge in [0.1, 0.15) is 11.9 Å². The monoisotopic (exact) mass is 264 g/mol. The Hall–Kier alpha value is -1.59. The second-order valence-electron chi connectivity index (χ2n) is 5.36. The Morgan fingerprint density at radius 3 is 2.89 bits per heavy atom. The van der Waals surface area contributed by atoms with Crippen LogP contribution < -0.4 is 10.2 Å². The van der Waals surface area contributed by atoms with Gasteiger partial charge in [0.25, 0.3) is 5.91 Å². The van der Waals surface area contributed by atoms with Crippen molar-refractivity contribution in [1.82, 2.24) is 10.4 Å². The van der Waals surface area contributed by atoms with Gasteiger partial charge in [0, 0.05) is 24.2 Å². The lowest BCUT2D eigenvalue weighted by Crippen LogP contribution is -2.34. The summed E-state index contributed by atoms with van der Waals surface area (Å²) in [7, 11) is 2.06. The van der Waals surface area contributed by atoms with Crippen LogP contribution in [0.25, 0.3) is 0 Å². The molecule has 0 bridgehead atoms. The van der Waals surface area contributed by atoms with E-state index in [0.29, 0.717) is 11.5 Å². The van der Waals surface area contributed by atoms with Crippen molar-refractivity contribution >= 4 is 5.91 Å². The van der Waals surface area contributed by atoms with Crippen LogP contribution in [-0.2, 0) is 6.54 Å². The molecule has 0 saturated carbocycles. The second-order valence-corrected chi connectivity index (χ2v) is 5.36. The maximum Gasteiger partial charge on any atom is 0.274 e. The Bertz CT molecular complexity index is 474. The average molecular weight is 264 g/mol. The van der Waals surface area contributed by atoms with Crippen molar-refractivity contribution in [1.29, 1.82) is 0 Å². The molecule has 2 N–H and O–H groups in total. The van der Waals surface area contributed by atoms with E-state index >= 15 is 0 Å². The van der Waals surface area contributed by atoms with E-state index in [-0.39, 0.29) is 6.10 Å². The first-order chi connectivity index (χ1) is 9.01. The van der Waals surface area contributed by atoms with Crippen LogP contribution >= 0.6 is 0 Å². The SMILES string of the molecule is CC(C)[C@@H]1CN(C)Cc2ccc(C(=O)NO)cc2O1. The molecule has 0 spiro atoms. The minimum atomic E-state index is -0.523. The molecular weight excluding hydrogens is 244 g/mol. The number of hydroxylamine groups is 1. The Kier molecular flexibility index (Phi) is 4.07. The third-order valence-electron chi connectivity index (χ3n) is 3.38. The van der Waals surface area contributed by atoms with Gasteiger partial charge < -0.3 is 4.74 Å². The van der Waals surface area contributed by atoms with E-state index in [2.05, 4.69) is 25.8 Å². The summed E-state index contributed by atoms with van der Waals surface area (Å²) >= 11 is 0. The number of carbonyl (C=O) groups is 1. The number of hydrogen-bond donors (Lipinski definition) is 2. The van der Waals surface area contributed by atoms with E-state index < -0.39 is 5.91 Å². The third-order valence-corrected chi connectivity index (χ3v) is 3.38. The second kappa shape index (κ2) is 5.59. The molecule has 0 unspecified atom stereocenters. The summed E-state index contributed by atoms with van der Waals surface area (Å²) in [6.45, 7) is 5.88. The minimum Gasteiger partial charge on any atom is -0.488 e. The zero-order chi connectivity index (χ0) is 14.0. The highest BCUT2D eigenvalue weighted by molar-refractivity contribution is 5.93. The lowest BCUT2D eigenvalue weighted by molar-refractivity contribution is 0.0705. The molecule has 5 heteroatoms. The molecule has 0 aliphatic carbocycles. The normalized spacial score (nSPS) is 19.5. The topological polar surface area (TPSA) is 61.8 Å². The highest BCUT2D eigenvalue weighted by Crippen LogP contribution is 2.27. The molecule has 1 atom stereocenters. The van der Waals surface area contributed by atoms with Crippen LogP contribution in [0, 0.1) is 5.92 Å². The molecule has 1 amide bonds. The highest BCUT2D eigenvalue weighted by atomic mass is 16.5. The molecule has 1 aliphatic rings. The molecule has 5 nitrogen and oxygen atoms in total. The van der Waals surface area contributed by atoms with E-state index in [1.54, 1.807) is 17.6 Å². The lowest BCUT2D eigenvalue weighted by Gasteiger charge is -2.23. The summed E-state index contributed by atoms with van der Waals surface area (Å²) in [6, 6.07) is 5.26. The molecular formula is C14H20N2O3. The number of likely N-dealkylation sites (N-methyl/N-ethyl adjacent to an activating group) is 1. The number of fused-ring (bicyclic) bond motifs is 1. The van der Waals surface area contributed by atoms with Gasteiger partial charge in [-0.25, -0.2) is 5.48 Å². The molecule has 1 aliphatic heterocycles. The first kappa shape index (κ1) is 13.8. The van der Waals surface area contributed by atoms with E-state index in [9.17, 15) is 4.79 Å². The quantitative estimate of drug-likeness (QED) is 0.630. The fraction of sp³-hybridized carbons (Fsp3) is 0.500. The summed E-state index contributed by atoms with van der Waals surface area (Å²) in [5, 5.41) is 8.68. The van der Waals surface area contributed by atoms with Gasteiger partial charge in [-0.2, -0.15) is 0 Å². The van der Waals surface area contributed by atoms with E-state index in [1.165, 1.54) is 0 Å². The number of carbonyl (C=O) groups excluding carboxylic acids is 1. The highest BCUT2D eigenvalue weighted by Gasteiger charge is 2.24. The number of benzene rings is 1. The molecule has 0 saturated heterocycles. The molecule has 0 radical (unpaired) electrons. The van der Waals surface area contributed by atoms with Gasteiger partial charge in [0.05, 0.1) is 0 Å². The Morgan fingerprint density at radius 2 is 2.26 bits per heavy atom. The van der Waals surface area contributed by atoms with Gasteiger partial charge in [-0.05, 0) is 25.1 Å². The van der Waals surface area contributed by atoms with Crippen molar-refractivity contribution in [3.8, 4) is 5.75 Å². The van der Waals surface area contributed by atoms with Crippen LogP contribution in [-0.4, -0.2) is 35.7 Å².